The molecule has 1 atom stereocenters. The van der Waals surface area contributed by atoms with E-state index in [2.05, 4.69) is 10.3 Å². The van der Waals surface area contributed by atoms with E-state index in [9.17, 15) is 9.90 Å². The first-order chi connectivity index (χ1) is 9.54. The van der Waals surface area contributed by atoms with Crippen LogP contribution in [0.2, 0.25) is 5.02 Å². The van der Waals surface area contributed by atoms with Crippen LogP contribution in [0.1, 0.15) is 5.56 Å². The van der Waals surface area contributed by atoms with Crippen LogP contribution >= 0.6 is 11.6 Å². The molecule has 0 aliphatic rings. The van der Waals surface area contributed by atoms with Crippen LogP contribution in [0.25, 0.3) is 0 Å². The van der Waals surface area contributed by atoms with Gasteiger partial charge < -0.3 is 16.2 Å². The zero-order chi connectivity index (χ0) is 14.5. The number of phenols is 1. The van der Waals surface area contributed by atoms with Crippen LogP contribution in [-0.4, -0.2) is 22.0 Å². The molecule has 20 heavy (non-hydrogen) atoms. The molecule has 0 saturated carbocycles. The van der Waals surface area contributed by atoms with Gasteiger partial charge in [-0.05, 0) is 36.2 Å². The number of hydrogen-bond donors (Lipinski definition) is 3. The van der Waals surface area contributed by atoms with Crippen molar-refractivity contribution >= 4 is 23.3 Å². The fourth-order valence-corrected chi connectivity index (χ4v) is 1.83. The minimum Gasteiger partial charge on any atom is -0.508 e. The first-order valence-corrected chi connectivity index (χ1v) is 6.38. The first kappa shape index (κ1) is 14.3. The maximum absolute atomic E-state index is 11.9. The van der Waals surface area contributed by atoms with Gasteiger partial charge in [-0.3, -0.25) is 4.79 Å². The number of phenolic OH excluding ortho intramolecular Hbond substituents is 1. The molecular formula is C14H14ClN3O2. The normalized spacial score (nSPS) is 11.9. The highest BCUT2D eigenvalue weighted by atomic mass is 35.5. The zero-order valence-corrected chi connectivity index (χ0v) is 11.3. The Morgan fingerprint density at radius 1 is 1.35 bits per heavy atom. The number of nitrogens with two attached hydrogens (primary N) is 1. The maximum atomic E-state index is 11.9. The number of amides is 1. The summed E-state index contributed by atoms with van der Waals surface area (Å²) in [7, 11) is 0. The number of carbonyl (C=O) groups excluding carboxylic acids is 1. The third kappa shape index (κ3) is 3.94. The summed E-state index contributed by atoms with van der Waals surface area (Å²) in [5.74, 6) is 0.200. The summed E-state index contributed by atoms with van der Waals surface area (Å²) < 4.78 is 0. The number of halogens is 1. The fraction of sp³-hybridized carbons (Fsp3) is 0.143. The van der Waals surface area contributed by atoms with Crippen LogP contribution in [0.4, 0.5) is 5.82 Å². The lowest BCUT2D eigenvalue weighted by Gasteiger charge is -2.12. The lowest BCUT2D eigenvalue weighted by Crippen LogP contribution is -2.37. The Hall–Kier alpha value is -2.11. The Morgan fingerprint density at radius 3 is 2.70 bits per heavy atom. The number of aromatic nitrogens is 1. The highest BCUT2D eigenvalue weighted by Crippen LogP contribution is 2.13. The van der Waals surface area contributed by atoms with Crippen LogP contribution in [0.15, 0.2) is 42.6 Å². The van der Waals surface area contributed by atoms with E-state index in [0.29, 0.717) is 17.3 Å². The average Bonchev–Trinajstić information content (AvgIpc) is 2.41. The monoisotopic (exact) mass is 291 g/mol. The number of carbonyl (C=O) groups is 1. The minimum absolute atomic E-state index is 0.176. The minimum atomic E-state index is -0.708. The third-order valence-electron chi connectivity index (χ3n) is 2.70. The van der Waals surface area contributed by atoms with Gasteiger partial charge >= 0.3 is 0 Å². The van der Waals surface area contributed by atoms with Crippen molar-refractivity contribution in [3.8, 4) is 5.75 Å². The van der Waals surface area contributed by atoms with Crippen LogP contribution in [0.3, 0.4) is 0 Å². The topological polar surface area (TPSA) is 88.2 Å². The van der Waals surface area contributed by atoms with Gasteiger partial charge in [0.1, 0.15) is 11.6 Å². The molecule has 0 saturated heterocycles. The number of benzene rings is 1. The highest BCUT2D eigenvalue weighted by molar-refractivity contribution is 6.30. The van der Waals surface area contributed by atoms with Gasteiger partial charge in [0.2, 0.25) is 5.91 Å². The van der Waals surface area contributed by atoms with Crippen molar-refractivity contribution in [2.75, 3.05) is 5.32 Å². The molecular weight excluding hydrogens is 278 g/mol. The molecule has 0 radical (unpaired) electrons. The average molecular weight is 292 g/mol. The molecule has 6 heteroatoms. The molecule has 0 bridgehead atoms. The highest BCUT2D eigenvalue weighted by Gasteiger charge is 2.14. The van der Waals surface area contributed by atoms with E-state index >= 15 is 0 Å². The number of nitrogens with zero attached hydrogens (tertiary/aromatic N) is 1. The van der Waals surface area contributed by atoms with Crippen molar-refractivity contribution in [1.29, 1.82) is 0 Å². The Bertz CT molecular complexity index is 602. The Kier molecular flexibility index (Phi) is 4.55. The number of rotatable bonds is 4. The summed E-state index contributed by atoms with van der Waals surface area (Å²) in [6, 6.07) is 9.01. The van der Waals surface area contributed by atoms with E-state index in [-0.39, 0.29) is 11.7 Å². The van der Waals surface area contributed by atoms with Crippen LogP contribution in [-0.2, 0) is 11.2 Å². The van der Waals surface area contributed by atoms with E-state index in [1.807, 2.05) is 0 Å². The molecule has 2 aromatic rings. The summed E-state index contributed by atoms with van der Waals surface area (Å²) in [5.41, 5.74) is 6.70. The Labute approximate surface area is 121 Å². The summed E-state index contributed by atoms with van der Waals surface area (Å²) in [6.07, 6.45) is 1.87. The van der Waals surface area contributed by atoms with Gasteiger partial charge in [-0.2, -0.15) is 0 Å². The molecule has 1 aromatic carbocycles. The van der Waals surface area contributed by atoms with Crippen LogP contribution in [0, 0.1) is 0 Å². The van der Waals surface area contributed by atoms with E-state index in [4.69, 9.17) is 17.3 Å². The molecule has 0 spiro atoms. The van der Waals surface area contributed by atoms with E-state index in [1.54, 1.807) is 36.4 Å². The van der Waals surface area contributed by atoms with Crippen molar-refractivity contribution < 1.29 is 9.90 Å². The van der Waals surface area contributed by atoms with Gasteiger partial charge in [0.25, 0.3) is 0 Å². The molecule has 0 fully saturated rings. The summed E-state index contributed by atoms with van der Waals surface area (Å²) in [6.45, 7) is 0. The molecule has 1 amide bonds. The third-order valence-corrected chi connectivity index (χ3v) is 2.94. The molecule has 1 aromatic heterocycles. The molecule has 4 N–H and O–H groups in total. The van der Waals surface area contributed by atoms with Crippen LogP contribution in [0.5, 0.6) is 5.75 Å². The molecule has 2 rings (SSSR count). The van der Waals surface area contributed by atoms with Gasteiger partial charge in [0, 0.05) is 11.2 Å². The number of pyridine rings is 1. The van der Waals surface area contributed by atoms with Gasteiger partial charge in [-0.25, -0.2) is 4.98 Å². The second kappa shape index (κ2) is 6.36. The predicted octanol–water partition coefficient (Wildman–Crippen LogP) is 1.95. The number of anilines is 1. The zero-order valence-electron chi connectivity index (χ0n) is 10.6. The first-order valence-electron chi connectivity index (χ1n) is 6.00. The molecule has 5 nitrogen and oxygen atoms in total. The summed E-state index contributed by atoms with van der Waals surface area (Å²) in [5, 5.41) is 12.3. The summed E-state index contributed by atoms with van der Waals surface area (Å²) in [4.78, 5) is 15.9. The van der Waals surface area contributed by atoms with Gasteiger partial charge in [-0.1, -0.05) is 23.7 Å². The van der Waals surface area contributed by atoms with E-state index < -0.39 is 6.04 Å². The largest absolute Gasteiger partial charge is 0.508 e. The van der Waals surface area contributed by atoms with Crippen LogP contribution < -0.4 is 11.1 Å². The lowest BCUT2D eigenvalue weighted by atomic mass is 10.1. The van der Waals surface area contributed by atoms with E-state index in [0.717, 1.165) is 5.56 Å². The number of nitrogens with one attached hydrogen (secondary N) is 1. The maximum Gasteiger partial charge on any atom is 0.242 e. The van der Waals surface area contributed by atoms with Gasteiger partial charge in [-0.15, -0.1) is 0 Å². The second-order valence-electron chi connectivity index (χ2n) is 4.33. The number of hydrogen-bond acceptors (Lipinski definition) is 4. The standard InChI is InChI=1S/C14H14ClN3O2/c15-10-5-6-17-13(8-10)18-14(20)12(16)7-9-1-3-11(19)4-2-9/h1-6,8,12,19H,7,16H2,(H,17,18,20). The Balaban J connectivity index is 1.96. The lowest BCUT2D eigenvalue weighted by molar-refractivity contribution is -0.117. The van der Waals surface area contributed by atoms with Gasteiger partial charge in [0.05, 0.1) is 6.04 Å². The van der Waals surface area contributed by atoms with Crippen molar-refractivity contribution in [3.05, 3.63) is 53.2 Å². The van der Waals surface area contributed by atoms with Gasteiger partial charge in [0.15, 0.2) is 0 Å². The number of aromatic hydroxyl groups is 1. The fourth-order valence-electron chi connectivity index (χ4n) is 1.67. The predicted molar refractivity (Wildman–Crippen MR) is 77.7 cm³/mol. The smallest absolute Gasteiger partial charge is 0.242 e. The van der Waals surface area contributed by atoms with Crippen molar-refractivity contribution in [1.82, 2.24) is 4.98 Å². The van der Waals surface area contributed by atoms with Crippen molar-refractivity contribution in [2.24, 2.45) is 5.73 Å². The summed E-state index contributed by atoms with van der Waals surface area (Å²) >= 11 is 5.81. The molecule has 104 valence electrons. The molecule has 0 aliphatic heterocycles. The molecule has 1 heterocycles. The second-order valence-corrected chi connectivity index (χ2v) is 4.76. The van der Waals surface area contributed by atoms with E-state index in [1.165, 1.54) is 6.20 Å². The van der Waals surface area contributed by atoms with Crippen molar-refractivity contribution in [3.63, 3.8) is 0 Å². The SMILES string of the molecule is NC(Cc1ccc(O)cc1)C(=O)Nc1cc(Cl)ccn1. The Morgan fingerprint density at radius 2 is 2.05 bits per heavy atom. The molecule has 0 aliphatic carbocycles. The quantitative estimate of drug-likeness (QED) is 0.803. The van der Waals surface area contributed by atoms with Crippen molar-refractivity contribution in [2.45, 2.75) is 12.5 Å². The molecule has 1 unspecified atom stereocenters.